The molecule has 1 aromatic rings. The van der Waals surface area contributed by atoms with Crippen LogP contribution in [0.5, 0.6) is 0 Å². The quantitative estimate of drug-likeness (QED) is 0.508. The lowest BCUT2D eigenvalue weighted by molar-refractivity contribution is 0.299. The number of aromatic nitrogens is 1. The number of nitrogens with zero attached hydrogens (tertiary/aromatic N) is 3. The molecule has 2 rings (SSSR count). The van der Waals surface area contributed by atoms with Gasteiger partial charge in [0.05, 0.1) is 23.7 Å². The third kappa shape index (κ3) is 6.28. The van der Waals surface area contributed by atoms with Crippen molar-refractivity contribution in [2.75, 3.05) is 44.7 Å². The Balaban J connectivity index is 1.71. The van der Waals surface area contributed by atoms with Crippen LogP contribution in [-0.4, -0.2) is 69.2 Å². The summed E-state index contributed by atoms with van der Waals surface area (Å²) < 4.78 is 28.3. The number of hydrogen-bond acceptors (Lipinski definition) is 6. The van der Waals surface area contributed by atoms with Crippen LogP contribution in [-0.2, 0) is 16.4 Å². The first-order chi connectivity index (χ1) is 12.5. The van der Waals surface area contributed by atoms with Crippen molar-refractivity contribution >= 4 is 15.8 Å². The number of nitrogens with one attached hydrogen (secondary N) is 2. The Morgan fingerprint density at radius 3 is 2.62 bits per heavy atom. The van der Waals surface area contributed by atoms with Gasteiger partial charge in [0.25, 0.3) is 0 Å². The minimum Gasteiger partial charge on any atom is -0.359 e. The Labute approximate surface area is 156 Å². The lowest BCUT2D eigenvalue weighted by Crippen LogP contribution is -2.45. The van der Waals surface area contributed by atoms with Crippen molar-refractivity contribution in [3.05, 3.63) is 17.5 Å². The molecule has 1 aliphatic heterocycles. The van der Waals surface area contributed by atoms with Crippen LogP contribution in [0.15, 0.2) is 15.6 Å². The monoisotopic (exact) mass is 385 g/mol. The Kier molecular flexibility index (Phi) is 7.89. The first-order valence-electron chi connectivity index (χ1n) is 9.30. The van der Waals surface area contributed by atoms with Gasteiger partial charge in [0.2, 0.25) is 0 Å². The van der Waals surface area contributed by atoms with Crippen molar-refractivity contribution < 1.29 is 12.9 Å². The van der Waals surface area contributed by atoms with E-state index in [1.54, 1.807) is 7.05 Å². The van der Waals surface area contributed by atoms with Gasteiger partial charge in [0, 0.05) is 45.2 Å². The highest BCUT2D eigenvalue weighted by Crippen LogP contribution is 2.22. The Morgan fingerprint density at radius 2 is 2.00 bits per heavy atom. The van der Waals surface area contributed by atoms with Crippen LogP contribution in [0.4, 0.5) is 0 Å². The fourth-order valence-corrected chi connectivity index (χ4v) is 4.29. The van der Waals surface area contributed by atoms with Crippen molar-refractivity contribution in [2.45, 2.75) is 39.2 Å². The summed E-state index contributed by atoms with van der Waals surface area (Å²) in [6.45, 7) is 7.54. The predicted molar refractivity (Wildman–Crippen MR) is 103 cm³/mol. The molecule has 1 saturated heterocycles. The van der Waals surface area contributed by atoms with Gasteiger partial charge in [-0.15, -0.1) is 0 Å². The molecular weight excluding hydrogens is 354 g/mol. The first-order valence-corrected chi connectivity index (χ1v) is 11.1. The van der Waals surface area contributed by atoms with Gasteiger partial charge in [-0.3, -0.25) is 9.89 Å². The Bertz CT molecular complexity index is 668. The molecule has 0 aromatic carbocycles. The first kappa shape index (κ1) is 20.7. The van der Waals surface area contributed by atoms with E-state index in [9.17, 15) is 8.42 Å². The molecule has 9 heteroatoms. The van der Waals surface area contributed by atoms with E-state index in [0.29, 0.717) is 38.1 Å². The molecule has 1 aliphatic rings. The Hall–Kier alpha value is -1.61. The van der Waals surface area contributed by atoms with Crippen LogP contribution in [0.2, 0.25) is 0 Å². The van der Waals surface area contributed by atoms with Crippen molar-refractivity contribution in [1.82, 2.24) is 20.7 Å². The zero-order chi connectivity index (χ0) is 19.0. The van der Waals surface area contributed by atoms with Crippen molar-refractivity contribution in [3.8, 4) is 0 Å². The zero-order valence-corrected chi connectivity index (χ0v) is 16.8. The van der Waals surface area contributed by atoms with Crippen molar-refractivity contribution in [3.63, 3.8) is 0 Å². The second kappa shape index (κ2) is 9.91. The van der Waals surface area contributed by atoms with Gasteiger partial charge >= 0.3 is 0 Å². The van der Waals surface area contributed by atoms with Crippen LogP contribution >= 0.6 is 0 Å². The highest BCUT2D eigenvalue weighted by Gasteiger charge is 2.21. The van der Waals surface area contributed by atoms with Gasteiger partial charge in [-0.2, -0.15) is 0 Å². The van der Waals surface area contributed by atoms with E-state index >= 15 is 0 Å². The molecule has 2 N–H and O–H groups in total. The maximum Gasteiger partial charge on any atom is 0.191 e. The van der Waals surface area contributed by atoms with E-state index in [-0.39, 0.29) is 11.5 Å². The minimum atomic E-state index is -2.82. The largest absolute Gasteiger partial charge is 0.359 e. The number of sulfone groups is 1. The van der Waals surface area contributed by atoms with Gasteiger partial charge in [-0.25, -0.2) is 8.42 Å². The molecule has 26 heavy (non-hydrogen) atoms. The van der Waals surface area contributed by atoms with E-state index in [2.05, 4.69) is 39.5 Å². The summed E-state index contributed by atoms with van der Waals surface area (Å²) in [5.74, 6) is 2.43. The molecule has 0 atom stereocenters. The summed E-state index contributed by atoms with van der Waals surface area (Å²) >= 11 is 0. The highest BCUT2D eigenvalue weighted by atomic mass is 32.2. The molecule has 2 heterocycles. The molecule has 0 amide bonds. The average Bonchev–Trinajstić information content (AvgIpc) is 3.09. The molecular formula is C17H31N5O3S. The maximum absolute atomic E-state index is 11.4. The van der Waals surface area contributed by atoms with Gasteiger partial charge < -0.3 is 15.2 Å². The highest BCUT2D eigenvalue weighted by molar-refractivity contribution is 7.91. The lowest BCUT2D eigenvalue weighted by Gasteiger charge is -2.26. The van der Waals surface area contributed by atoms with Crippen LogP contribution in [0.1, 0.15) is 44.1 Å². The lowest BCUT2D eigenvalue weighted by atomic mass is 9.99. The molecule has 0 bridgehead atoms. The molecule has 8 nitrogen and oxygen atoms in total. The molecule has 0 radical (unpaired) electrons. The number of guanidine groups is 1. The topological polar surface area (TPSA) is 99.8 Å². The fraction of sp³-hybridized carbons (Fsp3) is 0.765. The Morgan fingerprint density at radius 1 is 1.31 bits per heavy atom. The number of hydrogen-bond donors (Lipinski definition) is 2. The second-order valence-corrected chi connectivity index (χ2v) is 8.88. The summed E-state index contributed by atoms with van der Waals surface area (Å²) in [5.41, 5.74) is 1.01. The standard InChI is InChI=1S/C17H31N5O3S/c1-4-14(5-2)16-12-15(25-21-16)13-20-17(18-3)19-6-7-22-8-10-26(23,24)11-9-22/h12,14H,4-11,13H2,1-3H3,(H2,18,19,20). The van der Waals surface area contributed by atoms with E-state index in [1.165, 1.54) is 0 Å². The molecule has 1 aromatic heterocycles. The molecule has 0 saturated carbocycles. The van der Waals surface area contributed by atoms with E-state index in [4.69, 9.17) is 4.52 Å². The number of rotatable bonds is 8. The smallest absolute Gasteiger partial charge is 0.191 e. The third-order valence-corrected chi connectivity index (χ3v) is 6.40. The average molecular weight is 386 g/mol. The number of aliphatic imine (C=N–C) groups is 1. The van der Waals surface area contributed by atoms with Crippen LogP contribution in [0, 0.1) is 0 Å². The summed E-state index contributed by atoms with van der Waals surface area (Å²) in [6, 6.07) is 2.01. The summed E-state index contributed by atoms with van der Waals surface area (Å²) in [4.78, 5) is 6.35. The summed E-state index contributed by atoms with van der Waals surface area (Å²) in [5, 5.41) is 10.6. The molecule has 148 valence electrons. The van der Waals surface area contributed by atoms with E-state index < -0.39 is 9.84 Å². The minimum absolute atomic E-state index is 0.254. The van der Waals surface area contributed by atoms with Crippen LogP contribution < -0.4 is 10.6 Å². The third-order valence-electron chi connectivity index (χ3n) is 4.79. The fourth-order valence-electron chi connectivity index (χ4n) is 3.01. The van der Waals surface area contributed by atoms with Gasteiger partial charge in [-0.1, -0.05) is 19.0 Å². The van der Waals surface area contributed by atoms with Crippen molar-refractivity contribution in [1.29, 1.82) is 0 Å². The maximum atomic E-state index is 11.4. The van der Waals surface area contributed by atoms with Gasteiger partial charge in [-0.05, 0) is 12.8 Å². The SMILES string of the molecule is CCC(CC)c1cc(CNC(=NC)NCCN2CCS(=O)(=O)CC2)on1. The van der Waals surface area contributed by atoms with E-state index in [1.807, 2.05) is 6.07 Å². The van der Waals surface area contributed by atoms with E-state index in [0.717, 1.165) is 30.8 Å². The van der Waals surface area contributed by atoms with Crippen molar-refractivity contribution in [2.24, 2.45) is 4.99 Å². The second-order valence-electron chi connectivity index (χ2n) is 6.58. The van der Waals surface area contributed by atoms with Gasteiger partial charge in [0.1, 0.15) is 0 Å². The summed E-state index contributed by atoms with van der Waals surface area (Å²) in [6.07, 6.45) is 2.11. The molecule has 0 aliphatic carbocycles. The van der Waals surface area contributed by atoms with Crippen LogP contribution in [0.25, 0.3) is 0 Å². The predicted octanol–water partition coefficient (Wildman–Crippen LogP) is 0.974. The summed E-state index contributed by atoms with van der Waals surface area (Å²) in [7, 11) is -1.10. The molecule has 0 unspecified atom stereocenters. The van der Waals surface area contributed by atoms with Gasteiger partial charge in [0.15, 0.2) is 21.6 Å². The molecule has 0 spiro atoms. The normalized spacial score (nSPS) is 18.2. The molecule has 1 fully saturated rings. The van der Waals surface area contributed by atoms with Crippen LogP contribution in [0.3, 0.4) is 0 Å². The zero-order valence-electron chi connectivity index (χ0n) is 16.0.